The van der Waals surface area contributed by atoms with E-state index in [-0.39, 0.29) is 12.1 Å². The second-order valence-corrected chi connectivity index (χ2v) is 5.23. The van der Waals surface area contributed by atoms with Crippen LogP contribution in [0.5, 0.6) is 0 Å². The van der Waals surface area contributed by atoms with Crippen molar-refractivity contribution in [3.8, 4) is 0 Å². The van der Waals surface area contributed by atoms with Crippen LogP contribution in [-0.4, -0.2) is 6.03 Å². The molecule has 1 atom stereocenters. The average molecular weight is 263 g/mol. The van der Waals surface area contributed by atoms with Gasteiger partial charge in [0.2, 0.25) is 0 Å². The largest absolute Gasteiger partial charge is 0.327 e. The number of carbonyl (C=O) groups excluding carboxylic acids is 1. The van der Waals surface area contributed by atoms with Crippen molar-refractivity contribution in [2.24, 2.45) is 0 Å². The molecule has 0 saturated heterocycles. The Balaban J connectivity index is 1.98. The molecular weight excluding hydrogens is 248 g/mol. The molecule has 1 aromatic rings. The van der Waals surface area contributed by atoms with Crippen LogP contribution in [0, 0.1) is 0 Å². The van der Waals surface area contributed by atoms with Gasteiger partial charge in [0.15, 0.2) is 0 Å². The summed E-state index contributed by atoms with van der Waals surface area (Å²) < 4.78 is 0. The van der Waals surface area contributed by atoms with Crippen molar-refractivity contribution < 1.29 is 4.79 Å². The van der Waals surface area contributed by atoms with Gasteiger partial charge in [-0.25, -0.2) is 4.79 Å². The Morgan fingerprint density at radius 3 is 2.61 bits per heavy atom. The molecule has 2 aliphatic rings. The molecule has 1 heterocycles. The summed E-state index contributed by atoms with van der Waals surface area (Å²) in [6.45, 7) is 0. The van der Waals surface area contributed by atoms with Crippen LogP contribution >= 0.6 is 11.6 Å². The number of halogens is 1. The molecule has 3 nitrogen and oxygen atoms in total. The van der Waals surface area contributed by atoms with Gasteiger partial charge in [0, 0.05) is 10.7 Å². The molecule has 0 radical (unpaired) electrons. The van der Waals surface area contributed by atoms with E-state index in [9.17, 15) is 4.79 Å². The van der Waals surface area contributed by atoms with Crippen LogP contribution in [0.2, 0.25) is 5.02 Å². The Bertz CT molecular complexity index is 507. The third-order valence-corrected chi connectivity index (χ3v) is 3.85. The smallest absolute Gasteiger partial charge is 0.319 e. The second-order valence-electron chi connectivity index (χ2n) is 4.79. The molecule has 0 saturated carbocycles. The van der Waals surface area contributed by atoms with Gasteiger partial charge in [-0.15, -0.1) is 0 Å². The highest BCUT2D eigenvalue weighted by molar-refractivity contribution is 6.30. The van der Waals surface area contributed by atoms with E-state index >= 15 is 0 Å². The predicted molar refractivity (Wildman–Crippen MR) is 71.4 cm³/mol. The molecule has 2 amide bonds. The lowest BCUT2D eigenvalue weighted by atomic mass is 9.86. The molecule has 2 N–H and O–H groups in total. The summed E-state index contributed by atoms with van der Waals surface area (Å²) in [6.07, 6.45) is 4.38. The van der Waals surface area contributed by atoms with Crippen LogP contribution < -0.4 is 10.6 Å². The van der Waals surface area contributed by atoms with Crippen LogP contribution in [-0.2, 0) is 0 Å². The SMILES string of the molecule is O=C1NC2=C(CCCC2)C(c2ccc(Cl)cc2)N1. The van der Waals surface area contributed by atoms with Gasteiger partial charge >= 0.3 is 6.03 Å². The van der Waals surface area contributed by atoms with Crippen molar-refractivity contribution in [2.45, 2.75) is 31.7 Å². The summed E-state index contributed by atoms with van der Waals surface area (Å²) in [5.74, 6) is 0. The fourth-order valence-electron chi connectivity index (χ4n) is 2.72. The fourth-order valence-corrected chi connectivity index (χ4v) is 2.85. The van der Waals surface area contributed by atoms with Crippen LogP contribution in [0.25, 0.3) is 0 Å². The monoisotopic (exact) mass is 262 g/mol. The molecular formula is C14H15ClN2O. The van der Waals surface area contributed by atoms with E-state index in [1.165, 1.54) is 12.0 Å². The topological polar surface area (TPSA) is 41.1 Å². The number of hydrogen-bond donors (Lipinski definition) is 2. The van der Waals surface area contributed by atoms with Crippen LogP contribution in [0.4, 0.5) is 4.79 Å². The Hall–Kier alpha value is -1.48. The lowest BCUT2D eigenvalue weighted by Gasteiger charge is -2.33. The molecule has 0 aromatic heterocycles. The summed E-state index contributed by atoms with van der Waals surface area (Å²) in [6, 6.07) is 7.61. The van der Waals surface area contributed by atoms with Crippen molar-refractivity contribution in [3.63, 3.8) is 0 Å². The Kier molecular flexibility index (Phi) is 3.00. The average Bonchev–Trinajstić information content (AvgIpc) is 2.38. The summed E-state index contributed by atoms with van der Waals surface area (Å²) in [7, 11) is 0. The summed E-state index contributed by atoms with van der Waals surface area (Å²) >= 11 is 5.90. The van der Waals surface area contributed by atoms with Crippen molar-refractivity contribution in [2.75, 3.05) is 0 Å². The van der Waals surface area contributed by atoms with Gasteiger partial charge in [0.1, 0.15) is 0 Å². The van der Waals surface area contributed by atoms with E-state index in [2.05, 4.69) is 10.6 Å². The summed E-state index contributed by atoms with van der Waals surface area (Å²) in [5, 5.41) is 6.65. The van der Waals surface area contributed by atoms with Crippen LogP contribution in [0.15, 0.2) is 35.5 Å². The molecule has 0 bridgehead atoms. The van der Waals surface area contributed by atoms with E-state index in [1.54, 1.807) is 0 Å². The van der Waals surface area contributed by atoms with Gasteiger partial charge in [-0.3, -0.25) is 0 Å². The van der Waals surface area contributed by atoms with Gasteiger partial charge in [-0.1, -0.05) is 23.7 Å². The highest BCUT2D eigenvalue weighted by atomic mass is 35.5. The van der Waals surface area contributed by atoms with E-state index in [0.29, 0.717) is 0 Å². The maximum atomic E-state index is 11.7. The zero-order valence-electron chi connectivity index (χ0n) is 10.0. The van der Waals surface area contributed by atoms with Crippen molar-refractivity contribution >= 4 is 17.6 Å². The lowest BCUT2D eigenvalue weighted by Crippen LogP contribution is -2.44. The first kappa shape index (κ1) is 11.6. The quantitative estimate of drug-likeness (QED) is 0.799. The van der Waals surface area contributed by atoms with Crippen molar-refractivity contribution in [1.82, 2.24) is 10.6 Å². The zero-order valence-corrected chi connectivity index (χ0v) is 10.8. The van der Waals surface area contributed by atoms with Gasteiger partial charge in [-0.05, 0) is 49.0 Å². The maximum Gasteiger partial charge on any atom is 0.319 e. The number of allylic oxidation sites excluding steroid dienone is 1. The number of urea groups is 1. The summed E-state index contributed by atoms with van der Waals surface area (Å²) in [5.41, 5.74) is 3.54. The molecule has 1 aromatic carbocycles. The first-order valence-electron chi connectivity index (χ1n) is 6.29. The van der Waals surface area contributed by atoms with Gasteiger partial charge in [-0.2, -0.15) is 0 Å². The molecule has 1 unspecified atom stereocenters. The third-order valence-electron chi connectivity index (χ3n) is 3.60. The second kappa shape index (κ2) is 4.65. The minimum absolute atomic E-state index is 0.00585. The molecule has 94 valence electrons. The van der Waals surface area contributed by atoms with E-state index < -0.39 is 0 Å². The standard InChI is InChI=1S/C14H15ClN2O/c15-10-7-5-9(6-8-10)13-11-3-1-2-4-12(11)16-14(18)17-13/h5-8,13H,1-4H2,(H2,16,17,18). The molecule has 1 aliphatic carbocycles. The minimum Gasteiger partial charge on any atom is -0.327 e. The highest BCUT2D eigenvalue weighted by Gasteiger charge is 2.29. The number of amides is 2. The maximum absolute atomic E-state index is 11.7. The van der Waals surface area contributed by atoms with Crippen molar-refractivity contribution in [1.29, 1.82) is 0 Å². The van der Waals surface area contributed by atoms with E-state index in [1.807, 2.05) is 24.3 Å². The Morgan fingerprint density at radius 2 is 1.83 bits per heavy atom. The number of hydrogen-bond acceptors (Lipinski definition) is 1. The van der Waals surface area contributed by atoms with E-state index in [0.717, 1.165) is 35.5 Å². The number of benzene rings is 1. The zero-order chi connectivity index (χ0) is 12.5. The van der Waals surface area contributed by atoms with Crippen LogP contribution in [0.3, 0.4) is 0 Å². The van der Waals surface area contributed by atoms with Gasteiger partial charge < -0.3 is 10.6 Å². The molecule has 0 fully saturated rings. The molecule has 3 rings (SSSR count). The number of nitrogens with one attached hydrogen (secondary N) is 2. The molecule has 4 heteroatoms. The highest BCUT2D eigenvalue weighted by Crippen LogP contribution is 2.35. The first-order chi connectivity index (χ1) is 8.74. The lowest BCUT2D eigenvalue weighted by molar-refractivity contribution is 0.236. The Labute approximate surface area is 111 Å². The first-order valence-corrected chi connectivity index (χ1v) is 6.67. The predicted octanol–water partition coefficient (Wildman–Crippen LogP) is 3.52. The van der Waals surface area contributed by atoms with Gasteiger partial charge in [0.05, 0.1) is 6.04 Å². The molecule has 0 spiro atoms. The minimum atomic E-state index is -0.101. The third kappa shape index (κ3) is 2.10. The van der Waals surface area contributed by atoms with E-state index in [4.69, 9.17) is 11.6 Å². The fraction of sp³-hybridized carbons (Fsp3) is 0.357. The normalized spacial score (nSPS) is 23.2. The Morgan fingerprint density at radius 1 is 1.11 bits per heavy atom. The number of rotatable bonds is 1. The van der Waals surface area contributed by atoms with Crippen molar-refractivity contribution in [3.05, 3.63) is 46.1 Å². The number of carbonyl (C=O) groups is 1. The van der Waals surface area contributed by atoms with Gasteiger partial charge in [0.25, 0.3) is 0 Å². The molecule has 1 aliphatic heterocycles. The molecule has 18 heavy (non-hydrogen) atoms. The van der Waals surface area contributed by atoms with Crippen LogP contribution in [0.1, 0.15) is 37.3 Å². The summed E-state index contributed by atoms with van der Waals surface area (Å²) in [4.78, 5) is 11.7.